The molecule has 1 N–H and O–H groups in total. The van der Waals surface area contributed by atoms with Gasteiger partial charge in [0.2, 0.25) is 0 Å². The number of aromatic nitrogens is 2. The van der Waals surface area contributed by atoms with E-state index in [0.717, 1.165) is 12.8 Å². The monoisotopic (exact) mass is 170 g/mol. The van der Waals surface area contributed by atoms with Crippen LogP contribution in [0, 0.1) is 0 Å². The second kappa shape index (κ2) is 2.46. The minimum atomic E-state index is 1.12. The third-order valence-corrected chi connectivity index (χ3v) is 2.67. The lowest BCUT2D eigenvalue weighted by molar-refractivity contribution is 0.931. The molecule has 2 nitrogen and oxygen atoms in total. The van der Waals surface area contributed by atoms with Gasteiger partial charge in [-0.1, -0.05) is 0 Å². The number of nitrogens with zero attached hydrogens (tertiary/aromatic N) is 1. The molecule has 0 atom stereocenters. The van der Waals surface area contributed by atoms with E-state index in [-0.39, 0.29) is 0 Å². The van der Waals surface area contributed by atoms with Crippen molar-refractivity contribution in [2.24, 2.45) is 0 Å². The molecule has 0 amide bonds. The standard InChI is InChI=1S/C11H10N2/c1-2-9-7-12-5-4-10(9)11-8(1)3-6-13-11/h3-7,13H,1-2H2. The highest BCUT2D eigenvalue weighted by Crippen LogP contribution is 2.30. The molecule has 0 aliphatic heterocycles. The molecule has 1 aliphatic rings. The molecule has 0 bridgehead atoms. The van der Waals surface area contributed by atoms with Crippen LogP contribution in [-0.4, -0.2) is 9.97 Å². The van der Waals surface area contributed by atoms with Gasteiger partial charge in [0.15, 0.2) is 0 Å². The Hall–Kier alpha value is -1.57. The van der Waals surface area contributed by atoms with E-state index in [4.69, 9.17) is 0 Å². The number of pyridine rings is 1. The van der Waals surface area contributed by atoms with Crippen LogP contribution in [0.4, 0.5) is 0 Å². The SMILES string of the molecule is c1cc2c(cn1)CCc1cc[nH]c1-2. The number of aryl methyl sites for hydroxylation is 2. The molecule has 0 fully saturated rings. The Morgan fingerprint density at radius 1 is 1.15 bits per heavy atom. The minimum absolute atomic E-state index is 1.12. The van der Waals surface area contributed by atoms with E-state index >= 15 is 0 Å². The van der Waals surface area contributed by atoms with Gasteiger partial charge in [-0.15, -0.1) is 0 Å². The summed E-state index contributed by atoms with van der Waals surface area (Å²) in [6.07, 6.45) is 8.10. The van der Waals surface area contributed by atoms with Crippen LogP contribution in [0.1, 0.15) is 11.1 Å². The predicted octanol–water partition coefficient (Wildman–Crippen LogP) is 2.18. The highest BCUT2D eigenvalue weighted by molar-refractivity contribution is 5.69. The highest BCUT2D eigenvalue weighted by atomic mass is 14.7. The first-order valence-electron chi connectivity index (χ1n) is 4.54. The maximum atomic E-state index is 4.14. The number of hydrogen-bond donors (Lipinski definition) is 1. The van der Waals surface area contributed by atoms with E-state index in [9.17, 15) is 0 Å². The molecule has 0 spiro atoms. The molecule has 2 heterocycles. The summed E-state index contributed by atoms with van der Waals surface area (Å²) in [6.45, 7) is 0. The predicted molar refractivity (Wildman–Crippen MR) is 51.4 cm³/mol. The first-order chi connectivity index (χ1) is 6.45. The van der Waals surface area contributed by atoms with Gasteiger partial charge in [-0.25, -0.2) is 0 Å². The molecule has 0 radical (unpaired) electrons. The minimum Gasteiger partial charge on any atom is -0.361 e. The number of nitrogens with one attached hydrogen (secondary N) is 1. The van der Waals surface area contributed by atoms with Crippen LogP contribution in [-0.2, 0) is 12.8 Å². The largest absolute Gasteiger partial charge is 0.361 e. The molecule has 0 aromatic carbocycles. The summed E-state index contributed by atoms with van der Waals surface area (Å²) in [4.78, 5) is 7.43. The molecule has 0 saturated carbocycles. The fourth-order valence-electron chi connectivity index (χ4n) is 2.00. The van der Waals surface area contributed by atoms with Crippen molar-refractivity contribution in [2.45, 2.75) is 12.8 Å². The van der Waals surface area contributed by atoms with Crippen molar-refractivity contribution in [1.82, 2.24) is 9.97 Å². The average molecular weight is 170 g/mol. The second-order valence-electron chi connectivity index (χ2n) is 3.41. The number of rotatable bonds is 0. The maximum absolute atomic E-state index is 4.14. The third kappa shape index (κ3) is 0.917. The third-order valence-electron chi connectivity index (χ3n) is 2.67. The summed E-state index contributed by atoms with van der Waals surface area (Å²) in [5, 5.41) is 0. The highest BCUT2D eigenvalue weighted by Gasteiger charge is 2.15. The second-order valence-corrected chi connectivity index (χ2v) is 3.41. The van der Waals surface area contributed by atoms with Gasteiger partial charge in [0, 0.05) is 29.8 Å². The zero-order valence-corrected chi connectivity index (χ0v) is 7.25. The lowest BCUT2D eigenvalue weighted by Gasteiger charge is -2.14. The molecule has 1 aliphatic carbocycles. The zero-order valence-electron chi connectivity index (χ0n) is 7.25. The average Bonchev–Trinajstić information content (AvgIpc) is 2.65. The van der Waals surface area contributed by atoms with Gasteiger partial charge in [-0.3, -0.25) is 4.98 Å². The fourth-order valence-corrected chi connectivity index (χ4v) is 2.00. The summed E-state index contributed by atoms with van der Waals surface area (Å²) in [7, 11) is 0. The Labute approximate surface area is 76.6 Å². The molecule has 3 rings (SSSR count). The van der Waals surface area contributed by atoms with Gasteiger partial charge >= 0.3 is 0 Å². The van der Waals surface area contributed by atoms with Crippen molar-refractivity contribution >= 4 is 0 Å². The van der Waals surface area contributed by atoms with E-state index in [1.54, 1.807) is 0 Å². The molecular weight excluding hydrogens is 160 g/mol. The molecule has 0 saturated heterocycles. The first kappa shape index (κ1) is 6.89. The van der Waals surface area contributed by atoms with Crippen LogP contribution in [0.15, 0.2) is 30.7 Å². The lowest BCUT2D eigenvalue weighted by Crippen LogP contribution is -2.02. The first-order valence-corrected chi connectivity index (χ1v) is 4.54. The summed E-state index contributed by atoms with van der Waals surface area (Å²) in [5.74, 6) is 0. The van der Waals surface area contributed by atoms with Gasteiger partial charge < -0.3 is 4.98 Å². The Balaban J connectivity index is 2.30. The van der Waals surface area contributed by atoms with Crippen LogP contribution in [0.25, 0.3) is 11.3 Å². The summed E-state index contributed by atoms with van der Waals surface area (Å²) in [6, 6.07) is 4.25. The summed E-state index contributed by atoms with van der Waals surface area (Å²) >= 11 is 0. The van der Waals surface area contributed by atoms with E-state index in [1.807, 2.05) is 18.6 Å². The number of fused-ring (bicyclic) bond motifs is 3. The Bertz CT molecular complexity index is 443. The van der Waals surface area contributed by atoms with Gasteiger partial charge in [0.1, 0.15) is 0 Å². The van der Waals surface area contributed by atoms with Gasteiger partial charge in [0.25, 0.3) is 0 Å². The molecule has 0 unspecified atom stereocenters. The van der Waals surface area contributed by atoms with Crippen LogP contribution >= 0.6 is 0 Å². The topological polar surface area (TPSA) is 28.7 Å². The molecule has 2 aromatic heterocycles. The van der Waals surface area contributed by atoms with Gasteiger partial charge in [0.05, 0.1) is 0 Å². The lowest BCUT2D eigenvalue weighted by atomic mass is 9.92. The normalized spacial score (nSPS) is 13.5. The summed E-state index contributed by atoms with van der Waals surface area (Å²) < 4.78 is 0. The van der Waals surface area contributed by atoms with Crippen LogP contribution < -0.4 is 0 Å². The van der Waals surface area contributed by atoms with Crippen LogP contribution in [0.2, 0.25) is 0 Å². The quantitative estimate of drug-likeness (QED) is 0.645. The number of hydrogen-bond acceptors (Lipinski definition) is 1. The Morgan fingerprint density at radius 3 is 3.08 bits per heavy atom. The van der Waals surface area contributed by atoms with Crippen molar-refractivity contribution in [3.63, 3.8) is 0 Å². The summed E-state index contributed by atoms with van der Waals surface area (Å²) in [5.41, 5.74) is 5.39. The number of H-pyrrole nitrogens is 1. The van der Waals surface area contributed by atoms with Crippen molar-refractivity contribution in [1.29, 1.82) is 0 Å². The maximum Gasteiger partial charge on any atom is 0.0490 e. The van der Waals surface area contributed by atoms with E-state index in [1.165, 1.54) is 22.4 Å². The smallest absolute Gasteiger partial charge is 0.0490 e. The van der Waals surface area contributed by atoms with Gasteiger partial charge in [-0.2, -0.15) is 0 Å². The number of aromatic amines is 1. The van der Waals surface area contributed by atoms with E-state index < -0.39 is 0 Å². The molecule has 2 heteroatoms. The zero-order chi connectivity index (χ0) is 8.67. The van der Waals surface area contributed by atoms with Crippen LogP contribution in [0.5, 0.6) is 0 Å². The van der Waals surface area contributed by atoms with Crippen LogP contribution in [0.3, 0.4) is 0 Å². The van der Waals surface area contributed by atoms with Crippen molar-refractivity contribution in [3.8, 4) is 11.3 Å². The Morgan fingerprint density at radius 2 is 2.08 bits per heavy atom. The molecule has 2 aromatic rings. The van der Waals surface area contributed by atoms with Crippen molar-refractivity contribution < 1.29 is 0 Å². The van der Waals surface area contributed by atoms with E-state index in [0.29, 0.717) is 0 Å². The van der Waals surface area contributed by atoms with Crippen molar-refractivity contribution in [3.05, 3.63) is 41.9 Å². The molecular formula is C11H10N2. The molecule has 13 heavy (non-hydrogen) atoms. The van der Waals surface area contributed by atoms with Gasteiger partial charge in [-0.05, 0) is 36.1 Å². The van der Waals surface area contributed by atoms with Crippen molar-refractivity contribution in [2.75, 3.05) is 0 Å². The van der Waals surface area contributed by atoms with E-state index in [2.05, 4.69) is 22.1 Å². The molecule has 64 valence electrons. The Kier molecular flexibility index (Phi) is 1.30. The fraction of sp³-hybridized carbons (Fsp3) is 0.182.